The summed E-state index contributed by atoms with van der Waals surface area (Å²) in [6.45, 7) is 0. The van der Waals surface area contributed by atoms with Gasteiger partial charge >= 0.3 is 0 Å². The Balaban J connectivity index is 1.30. The molecule has 0 unspecified atom stereocenters. The average molecular weight is 468 g/mol. The first-order valence-corrected chi connectivity index (χ1v) is 11.4. The smallest absolute Gasteiger partial charge is 0.143 e. The summed E-state index contributed by atoms with van der Waals surface area (Å²) < 4.78 is 16.7. The lowest BCUT2D eigenvalue weighted by Crippen LogP contribution is -2.46. The van der Waals surface area contributed by atoms with Crippen LogP contribution in [0, 0.1) is 17.2 Å². The lowest BCUT2D eigenvalue weighted by atomic mass is 9.58. The van der Waals surface area contributed by atoms with Crippen molar-refractivity contribution in [2.75, 3.05) is 5.73 Å². The van der Waals surface area contributed by atoms with Gasteiger partial charge in [0, 0.05) is 28.6 Å². The summed E-state index contributed by atoms with van der Waals surface area (Å²) in [6, 6.07) is 6.47. The number of pyridine rings is 1. The van der Waals surface area contributed by atoms with E-state index in [0.29, 0.717) is 23.7 Å². The van der Waals surface area contributed by atoms with Crippen molar-refractivity contribution in [2.24, 2.45) is 11.3 Å². The summed E-state index contributed by atoms with van der Waals surface area (Å²) in [6.07, 6.45) is 6.30. The fourth-order valence-electron chi connectivity index (χ4n) is 6.08. The maximum Gasteiger partial charge on any atom is 0.143 e. The molecule has 3 aromatic heterocycles. The zero-order valence-electron chi connectivity index (χ0n) is 17.7. The van der Waals surface area contributed by atoms with Crippen molar-refractivity contribution in [1.29, 1.82) is 0 Å². The molecule has 4 N–H and O–H groups in total. The van der Waals surface area contributed by atoms with Crippen molar-refractivity contribution in [3.63, 3.8) is 0 Å². The Morgan fingerprint density at radius 3 is 2.91 bits per heavy atom. The van der Waals surface area contributed by atoms with E-state index in [2.05, 4.69) is 15.0 Å². The third-order valence-corrected chi connectivity index (χ3v) is 8.14. The molecule has 5 atom stereocenters. The molecule has 0 amide bonds. The molecule has 170 valence electrons. The van der Waals surface area contributed by atoms with Crippen LogP contribution in [0.1, 0.15) is 30.9 Å². The molecule has 2 aliphatic carbocycles. The number of aliphatic hydroxyl groups excluding tert-OH is 2. The monoisotopic (exact) mass is 467 g/mol. The number of fused-ring (bicyclic) bond motifs is 3. The van der Waals surface area contributed by atoms with E-state index >= 15 is 0 Å². The van der Waals surface area contributed by atoms with Crippen molar-refractivity contribution >= 4 is 39.4 Å². The summed E-state index contributed by atoms with van der Waals surface area (Å²) in [4.78, 5) is 12.7. The van der Waals surface area contributed by atoms with E-state index in [1.165, 1.54) is 18.5 Å². The predicted molar refractivity (Wildman–Crippen MR) is 123 cm³/mol. The van der Waals surface area contributed by atoms with Gasteiger partial charge in [-0.3, -0.25) is 0 Å². The molecule has 2 saturated carbocycles. The number of nitrogens with two attached hydrogens (primary N) is 1. The van der Waals surface area contributed by atoms with Crippen LogP contribution in [0.15, 0.2) is 43.0 Å². The Bertz CT molecular complexity index is 1390. The molecule has 0 aliphatic heterocycles. The first kappa shape index (κ1) is 20.8. The van der Waals surface area contributed by atoms with Crippen molar-refractivity contribution in [1.82, 2.24) is 19.5 Å². The van der Waals surface area contributed by atoms with E-state index in [-0.39, 0.29) is 22.8 Å². The zero-order valence-corrected chi connectivity index (χ0v) is 18.5. The second kappa shape index (κ2) is 7.35. The van der Waals surface area contributed by atoms with Crippen LogP contribution in [0.3, 0.4) is 0 Å². The first-order valence-electron chi connectivity index (χ1n) is 11.1. The van der Waals surface area contributed by atoms with E-state index in [1.54, 1.807) is 6.20 Å². The topological polar surface area (TPSA) is 110 Å². The lowest BCUT2D eigenvalue weighted by molar-refractivity contribution is -0.0742. The number of hydrogen-bond acceptors (Lipinski definition) is 6. The van der Waals surface area contributed by atoms with Gasteiger partial charge in [-0.05, 0) is 61.4 Å². The van der Waals surface area contributed by atoms with Gasteiger partial charge in [0.05, 0.1) is 22.7 Å². The number of halogens is 2. The van der Waals surface area contributed by atoms with Gasteiger partial charge in [-0.15, -0.1) is 0 Å². The summed E-state index contributed by atoms with van der Waals surface area (Å²) in [5.41, 5.74) is 7.37. The minimum absolute atomic E-state index is 0.103. The molecule has 6 rings (SSSR count). The highest BCUT2D eigenvalue weighted by Crippen LogP contribution is 2.64. The summed E-state index contributed by atoms with van der Waals surface area (Å²) in [5, 5.41) is 23.7. The highest BCUT2D eigenvalue weighted by molar-refractivity contribution is 6.33. The summed E-state index contributed by atoms with van der Waals surface area (Å²) in [5.74, 6) is -0.132. The highest BCUT2D eigenvalue weighted by Gasteiger charge is 2.64. The minimum Gasteiger partial charge on any atom is -0.390 e. The summed E-state index contributed by atoms with van der Waals surface area (Å²) in [7, 11) is 0. The number of aryl methyl sites for hydroxylation is 1. The fourth-order valence-corrected chi connectivity index (χ4v) is 6.23. The molecule has 0 radical (unpaired) electrons. The molecule has 2 fully saturated rings. The van der Waals surface area contributed by atoms with Gasteiger partial charge in [-0.1, -0.05) is 11.6 Å². The first-order chi connectivity index (χ1) is 15.9. The van der Waals surface area contributed by atoms with Crippen LogP contribution in [-0.2, 0) is 6.42 Å². The van der Waals surface area contributed by atoms with Crippen LogP contribution in [0.2, 0.25) is 5.02 Å². The molecule has 2 aliphatic rings. The van der Waals surface area contributed by atoms with E-state index < -0.39 is 23.4 Å². The second-order valence-corrected chi connectivity index (χ2v) is 9.74. The molecule has 4 aromatic rings. The van der Waals surface area contributed by atoms with Gasteiger partial charge in [-0.2, -0.15) is 0 Å². The Kier molecular flexibility index (Phi) is 4.62. The molecule has 0 spiro atoms. The number of benzene rings is 1. The third kappa shape index (κ3) is 2.97. The number of anilines is 1. The standard InChI is InChI=1S/C24H23ClFN5O2/c25-16-9-14-17(26)7-12(8-18(14)30-22(16)27)1-4-24-5-2-15(24)19(20(32)21(24)33)31-6-3-13-10-28-11-29-23(13)31/h3,6-11,15,19-21,32-33H,1-2,4-5H2,(H2,27,30)/t15-,19-,20+,21+,24-/m1/s1. The molecule has 7 nitrogen and oxygen atoms in total. The van der Waals surface area contributed by atoms with Gasteiger partial charge in [-0.25, -0.2) is 19.3 Å². The van der Waals surface area contributed by atoms with Crippen LogP contribution in [0.4, 0.5) is 10.2 Å². The maximum absolute atomic E-state index is 14.7. The lowest BCUT2D eigenvalue weighted by Gasteiger charge is -2.48. The number of hydrogen-bond donors (Lipinski definition) is 3. The van der Waals surface area contributed by atoms with Crippen molar-refractivity contribution in [3.8, 4) is 0 Å². The highest BCUT2D eigenvalue weighted by atomic mass is 35.5. The predicted octanol–water partition coefficient (Wildman–Crippen LogP) is 3.66. The van der Waals surface area contributed by atoms with Crippen LogP contribution in [0.5, 0.6) is 0 Å². The van der Waals surface area contributed by atoms with E-state index in [0.717, 1.165) is 29.4 Å². The number of rotatable bonds is 4. The molecule has 3 heterocycles. The van der Waals surface area contributed by atoms with E-state index in [1.807, 2.05) is 22.9 Å². The van der Waals surface area contributed by atoms with Crippen molar-refractivity contribution in [2.45, 2.75) is 43.9 Å². The van der Waals surface area contributed by atoms with Crippen molar-refractivity contribution in [3.05, 3.63) is 59.4 Å². The fraction of sp³-hybridized carbons (Fsp3) is 0.375. The van der Waals surface area contributed by atoms with Gasteiger partial charge < -0.3 is 20.5 Å². The molecule has 1 aromatic carbocycles. The van der Waals surface area contributed by atoms with Crippen LogP contribution in [0.25, 0.3) is 21.9 Å². The maximum atomic E-state index is 14.7. The largest absolute Gasteiger partial charge is 0.390 e. The average Bonchev–Trinajstić information content (AvgIpc) is 3.26. The molecule has 33 heavy (non-hydrogen) atoms. The Labute approximate surface area is 194 Å². The molecular formula is C24H23ClFN5O2. The molecule has 0 bridgehead atoms. The Morgan fingerprint density at radius 1 is 1.27 bits per heavy atom. The second-order valence-electron chi connectivity index (χ2n) is 9.33. The minimum atomic E-state index is -0.903. The van der Waals surface area contributed by atoms with Gasteiger partial charge in [0.2, 0.25) is 0 Å². The number of aromatic nitrogens is 4. The molecular weight excluding hydrogens is 445 g/mol. The number of nitrogen functional groups attached to an aromatic ring is 1. The van der Waals surface area contributed by atoms with Crippen LogP contribution >= 0.6 is 11.6 Å². The van der Waals surface area contributed by atoms with E-state index in [9.17, 15) is 14.6 Å². The summed E-state index contributed by atoms with van der Waals surface area (Å²) >= 11 is 6.00. The SMILES string of the molecule is Nc1nc2cc(CC[C@@]34CC[C@@H]3[C@@H](n3ccc5cncnc53)[C@H](O)[C@@H]4O)cc(F)c2cc1Cl. The van der Waals surface area contributed by atoms with Gasteiger partial charge in [0.1, 0.15) is 29.7 Å². The quantitative estimate of drug-likeness (QED) is 0.422. The normalized spacial score (nSPS) is 28.8. The van der Waals surface area contributed by atoms with Gasteiger partial charge in [0.25, 0.3) is 0 Å². The Morgan fingerprint density at radius 2 is 2.12 bits per heavy atom. The molecule has 9 heteroatoms. The van der Waals surface area contributed by atoms with E-state index in [4.69, 9.17) is 17.3 Å². The Hall–Kier alpha value is -2.81. The van der Waals surface area contributed by atoms with Gasteiger partial charge in [0.15, 0.2) is 0 Å². The third-order valence-electron chi connectivity index (χ3n) is 7.84. The van der Waals surface area contributed by atoms with Crippen molar-refractivity contribution < 1.29 is 14.6 Å². The molecule has 0 saturated heterocycles. The number of nitrogens with zero attached hydrogens (tertiary/aromatic N) is 4. The zero-order chi connectivity index (χ0) is 22.9. The number of aliphatic hydroxyl groups is 2. The van der Waals surface area contributed by atoms with Crippen LogP contribution < -0.4 is 5.73 Å². The van der Waals surface area contributed by atoms with Crippen LogP contribution in [-0.4, -0.2) is 41.9 Å².